The lowest BCUT2D eigenvalue weighted by molar-refractivity contribution is -0.140. The lowest BCUT2D eigenvalue weighted by Gasteiger charge is -2.17. The molecular weight excluding hydrogens is 511 g/mol. The number of ether oxygens (including phenoxy) is 1. The SMILES string of the molecule is CCNC(=NCc1nc(C(F)(F)F)cs1)NCC(C)Oc1ccccc1F.I. The number of aromatic nitrogens is 1. The fourth-order valence-electron chi connectivity index (χ4n) is 2.04. The molecule has 0 saturated heterocycles. The molecule has 2 rings (SSSR count). The number of halogens is 5. The van der Waals surface area contributed by atoms with Crippen LogP contribution in [0.1, 0.15) is 24.5 Å². The van der Waals surface area contributed by atoms with E-state index in [1.165, 1.54) is 12.1 Å². The van der Waals surface area contributed by atoms with Crippen LogP contribution in [0.5, 0.6) is 5.75 Å². The molecule has 2 aromatic rings. The van der Waals surface area contributed by atoms with Gasteiger partial charge in [0.1, 0.15) is 11.1 Å². The quantitative estimate of drug-likeness (QED) is 0.240. The maximum Gasteiger partial charge on any atom is 0.434 e. The molecule has 0 spiro atoms. The number of nitrogens with zero attached hydrogens (tertiary/aromatic N) is 2. The number of rotatable bonds is 7. The summed E-state index contributed by atoms with van der Waals surface area (Å²) in [6.45, 7) is 4.53. The Kier molecular flexibility index (Phi) is 9.93. The molecule has 0 aliphatic rings. The Balaban J connectivity index is 0.00000392. The van der Waals surface area contributed by atoms with Gasteiger partial charge in [0.05, 0.1) is 13.1 Å². The Bertz CT molecular complexity index is 770. The highest BCUT2D eigenvalue weighted by Crippen LogP contribution is 2.30. The van der Waals surface area contributed by atoms with E-state index in [4.69, 9.17) is 4.74 Å². The van der Waals surface area contributed by atoms with Crippen LogP contribution >= 0.6 is 35.3 Å². The molecule has 0 saturated carbocycles. The molecule has 156 valence electrons. The molecule has 1 aromatic carbocycles. The summed E-state index contributed by atoms with van der Waals surface area (Å²) in [5.74, 6) is 0.107. The fourth-order valence-corrected chi connectivity index (χ4v) is 2.77. The first-order chi connectivity index (χ1) is 12.8. The maximum atomic E-state index is 13.6. The second kappa shape index (κ2) is 11.4. The number of benzene rings is 1. The zero-order valence-corrected chi connectivity index (χ0v) is 18.4. The predicted molar refractivity (Wildman–Crippen MR) is 112 cm³/mol. The zero-order chi connectivity index (χ0) is 19.9. The Morgan fingerprint density at radius 1 is 1.29 bits per heavy atom. The second-order valence-electron chi connectivity index (χ2n) is 5.56. The van der Waals surface area contributed by atoms with Crippen LogP contribution in [0, 0.1) is 5.82 Å². The van der Waals surface area contributed by atoms with Crippen molar-refractivity contribution in [3.05, 3.63) is 46.2 Å². The normalized spacial score (nSPS) is 12.9. The second-order valence-corrected chi connectivity index (χ2v) is 6.50. The molecule has 1 unspecified atom stereocenters. The Hall–Kier alpha value is -1.63. The van der Waals surface area contributed by atoms with Gasteiger partial charge >= 0.3 is 6.18 Å². The van der Waals surface area contributed by atoms with Crippen molar-refractivity contribution < 1.29 is 22.3 Å². The van der Waals surface area contributed by atoms with Crippen LogP contribution in [0.2, 0.25) is 0 Å². The number of thiazole rings is 1. The largest absolute Gasteiger partial charge is 0.486 e. The van der Waals surface area contributed by atoms with E-state index < -0.39 is 17.7 Å². The molecule has 5 nitrogen and oxygen atoms in total. The molecule has 11 heteroatoms. The van der Waals surface area contributed by atoms with Crippen LogP contribution in [-0.4, -0.2) is 30.1 Å². The minimum Gasteiger partial charge on any atom is -0.486 e. The molecule has 1 heterocycles. The highest BCUT2D eigenvalue weighted by Gasteiger charge is 2.33. The van der Waals surface area contributed by atoms with Crippen molar-refractivity contribution in [1.29, 1.82) is 0 Å². The first-order valence-electron chi connectivity index (χ1n) is 8.24. The molecule has 0 aliphatic heterocycles. The molecule has 0 bridgehead atoms. The molecule has 0 aliphatic carbocycles. The molecular formula is C17H21F4IN4OS. The fraction of sp³-hybridized carbons (Fsp3) is 0.412. The number of hydrogen-bond donors (Lipinski definition) is 2. The van der Waals surface area contributed by atoms with Crippen LogP contribution < -0.4 is 15.4 Å². The number of nitrogens with one attached hydrogen (secondary N) is 2. The number of para-hydroxylation sites is 1. The number of alkyl halides is 3. The van der Waals surface area contributed by atoms with Crippen molar-refractivity contribution in [2.75, 3.05) is 13.1 Å². The van der Waals surface area contributed by atoms with Gasteiger partial charge in [-0.05, 0) is 26.0 Å². The summed E-state index contributed by atoms with van der Waals surface area (Å²) >= 11 is 0.904. The van der Waals surface area contributed by atoms with E-state index in [1.807, 2.05) is 6.92 Å². The topological polar surface area (TPSA) is 58.5 Å². The van der Waals surface area contributed by atoms with Gasteiger partial charge in [0.2, 0.25) is 0 Å². The van der Waals surface area contributed by atoms with E-state index >= 15 is 0 Å². The number of guanidine groups is 1. The molecule has 0 amide bonds. The average molecular weight is 532 g/mol. The first kappa shape index (κ1) is 24.4. The van der Waals surface area contributed by atoms with Crippen LogP contribution in [0.4, 0.5) is 17.6 Å². The Morgan fingerprint density at radius 2 is 2.00 bits per heavy atom. The van der Waals surface area contributed by atoms with E-state index in [-0.39, 0.29) is 47.4 Å². The number of aliphatic imine (C=N–C) groups is 1. The summed E-state index contributed by atoms with van der Waals surface area (Å²) in [5.41, 5.74) is -0.914. The molecule has 1 aromatic heterocycles. The minimum atomic E-state index is -4.46. The number of hydrogen-bond acceptors (Lipinski definition) is 4. The summed E-state index contributed by atoms with van der Waals surface area (Å²) in [6.07, 6.45) is -4.82. The van der Waals surface area contributed by atoms with Gasteiger partial charge < -0.3 is 15.4 Å². The minimum absolute atomic E-state index is 0. The van der Waals surface area contributed by atoms with E-state index in [1.54, 1.807) is 19.1 Å². The molecule has 28 heavy (non-hydrogen) atoms. The van der Waals surface area contributed by atoms with Crippen molar-refractivity contribution in [1.82, 2.24) is 15.6 Å². The monoisotopic (exact) mass is 532 g/mol. The third-order valence-electron chi connectivity index (χ3n) is 3.28. The summed E-state index contributed by atoms with van der Waals surface area (Å²) in [7, 11) is 0. The Morgan fingerprint density at radius 3 is 2.61 bits per heavy atom. The summed E-state index contributed by atoms with van der Waals surface area (Å²) < 4.78 is 56.9. The highest BCUT2D eigenvalue weighted by atomic mass is 127. The van der Waals surface area contributed by atoms with Gasteiger partial charge in [-0.25, -0.2) is 14.4 Å². The van der Waals surface area contributed by atoms with E-state index in [9.17, 15) is 17.6 Å². The van der Waals surface area contributed by atoms with Crippen molar-refractivity contribution in [2.24, 2.45) is 4.99 Å². The van der Waals surface area contributed by atoms with Crippen molar-refractivity contribution >= 4 is 41.3 Å². The van der Waals surface area contributed by atoms with Crippen LogP contribution in [0.3, 0.4) is 0 Å². The third kappa shape index (κ3) is 7.78. The molecule has 1 atom stereocenters. The molecule has 0 fully saturated rings. The van der Waals surface area contributed by atoms with Gasteiger partial charge in [0, 0.05) is 11.9 Å². The maximum absolute atomic E-state index is 13.6. The van der Waals surface area contributed by atoms with Crippen LogP contribution in [0.15, 0.2) is 34.6 Å². The van der Waals surface area contributed by atoms with E-state index in [0.717, 1.165) is 16.7 Å². The van der Waals surface area contributed by atoms with Gasteiger partial charge in [0.15, 0.2) is 23.2 Å². The molecule has 0 radical (unpaired) electrons. The first-order valence-corrected chi connectivity index (χ1v) is 9.12. The van der Waals surface area contributed by atoms with Crippen molar-refractivity contribution in [3.8, 4) is 5.75 Å². The smallest absolute Gasteiger partial charge is 0.434 e. The summed E-state index contributed by atoms with van der Waals surface area (Å²) in [6, 6.07) is 6.09. The van der Waals surface area contributed by atoms with Gasteiger partial charge in [-0.2, -0.15) is 13.2 Å². The zero-order valence-electron chi connectivity index (χ0n) is 15.2. The van der Waals surface area contributed by atoms with Gasteiger partial charge in [0.25, 0.3) is 0 Å². The van der Waals surface area contributed by atoms with E-state index in [0.29, 0.717) is 19.0 Å². The van der Waals surface area contributed by atoms with Crippen molar-refractivity contribution in [3.63, 3.8) is 0 Å². The third-order valence-corrected chi connectivity index (χ3v) is 4.11. The summed E-state index contributed by atoms with van der Waals surface area (Å²) in [5, 5.41) is 7.23. The predicted octanol–water partition coefficient (Wildman–Crippen LogP) is 4.44. The lowest BCUT2D eigenvalue weighted by Crippen LogP contribution is -2.41. The highest BCUT2D eigenvalue weighted by molar-refractivity contribution is 14.0. The molecule has 2 N–H and O–H groups in total. The Labute approximate surface area is 181 Å². The summed E-state index contributed by atoms with van der Waals surface area (Å²) in [4.78, 5) is 7.76. The van der Waals surface area contributed by atoms with Crippen LogP contribution in [0.25, 0.3) is 0 Å². The van der Waals surface area contributed by atoms with E-state index in [2.05, 4.69) is 20.6 Å². The average Bonchev–Trinajstić information content (AvgIpc) is 3.09. The van der Waals surface area contributed by atoms with Gasteiger partial charge in [-0.15, -0.1) is 35.3 Å². The lowest BCUT2D eigenvalue weighted by atomic mass is 10.3. The van der Waals surface area contributed by atoms with Gasteiger partial charge in [-0.3, -0.25) is 0 Å². The van der Waals surface area contributed by atoms with Crippen LogP contribution in [-0.2, 0) is 12.7 Å². The van der Waals surface area contributed by atoms with Crippen molar-refractivity contribution in [2.45, 2.75) is 32.7 Å². The standard InChI is InChI=1S/C17H20F4N4OS.HI/c1-3-22-16(24-9-15-25-14(10-27-15)17(19,20)21)23-8-11(2)26-13-7-5-4-6-12(13)18;/h4-7,10-11H,3,8-9H2,1-2H3,(H2,22,23,24);1H. The van der Waals surface area contributed by atoms with Gasteiger partial charge in [-0.1, -0.05) is 12.1 Å².